The summed E-state index contributed by atoms with van der Waals surface area (Å²) in [4.78, 5) is 16.4. The topological polar surface area (TPSA) is 35.6 Å². The van der Waals surface area contributed by atoms with Crippen molar-refractivity contribution in [2.45, 2.75) is 32.1 Å². The molecule has 0 spiro atoms. The number of nitrogens with zero attached hydrogens (tertiary/aromatic N) is 2. The van der Waals surface area contributed by atoms with Crippen molar-refractivity contribution in [3.05, 3.63) is 0 Å². The number of hydrogen-bond donors (Lipinski definition) is 1. The summed E-state index contributed by atoms with van der Waals surface area (Å²) in [5, 5.41) is 3.21. The molecule has 0 saturated carbocycles. The van der Waals surface area contributed by atoms with Crippen LogP contribution in [-0.4, -0.2) is 55.6 Å². The summed E-state index contributed by atoms with van der Waals surface area (Å²) in [6.45, 7) is 4.85. The predicted octanol–water partition coefficient (Wildman–Crippen LogP) is 1.52. The fourth-order valence-corrected chi connectivity index (χ4v) is 2.92. The SMILES string of the molecule is CNCC1CCN(C(=O)N2CCCCCC2)C1. The van der Waals surface area contributed by atoms with E-state index in [1.54, 1.807) is 0 Å². The minimum atomic E-state index is 0.283. The molecule has 98 valence electrons. The first kappa shape index (κ1) is 12.7. The standard InChI is InChI=1S/C13H25N3O/c1-14-10-12-6-9-16(11-12)13(17)15-7-4-2-3-5-8-15/h12,14H,2-11H2,1H3. The van der Waals surface area contributed by atoms with Crippen molar-refractivity contribution in [3.8, 4) is 0 Å². The van der Waals surface area contributed by atoms with Crippen LogP contribution in [0.3, 0.4) is 0 Å². The van der Waals surface area contributed by atoms with Crippen LogP contribution in [0.2, 0.25) is 0 Å². The van der Waals surface area contributed by atoms with E-state index in [4.69, 9.17) is 0 Å². The third-order valence-corrected chi connectivity index (χ3v) is 3.93. The maximum atomic E-state index is 12.3. The van der Waals surface area contributed by atoms with Gasteiger partial charge >= 0.3 is 6.03 Å². The molecular weight excluding hydrogens is 214 g/mol. The highest BCUT2D eigenvalue weighted by molar-refractivity contribution is 5.74. The molecule has 4 nitrogen and oxygen atoms in total. The number of nitrogens with one attached hydrogen (secondary N) is 1. The number of rotatable bonds is 2. The van der Waals surface area contributed by atoms with E-state index in [9.17, 15) is 4.79 Å². The van der Waals surface area contributed by atoms with Gasteiger partial charge in [0.2, 0.25) is 0 Å². The van der Waals surface area contributed by atoms with Gasteiger partial charge in [0.1, 0.15) is 0 Å². The molecule has 0 bridgehead atoms. The second-order valence-corrected chi connectivity index (χ2v) is 5.34. The van der Waals surface area contributed by atoms with Crippen LogP contribution in [0, 0.1) is 5.92 Å². The Morgan fingerprint density at radius 1 is 1.12 bits per heavy atom. The van der Waals surface area contributed by atoms with Crippen molar-refractivity contribution in [2.24, 2.45) is 5.92 Å². The Labute approximate surface area is 104 Å². The fraction of sp³-hybridized carbons (Fsp3) is 0.923. The molecule has 2 heterocycles. The van der Waals surface area contributed by atoms with Crippen LogP contribution in [0.1, 0.15) is 32.1 Å². The Kier molecular flexibility index (Phi) is 4.66. The summed E-state index contributed by atoms with van der Waals surface area (Å²) in [7, 11) is 1.99. The number of hydrogen-bond acceptors (Lipinski definition) is 2. The van der Waals surface area contributed by atoms with E-state index in [0.717, 1.165) is 39.1 Å². The maximum absolute atomic E-state index is 12.3. The van der Waals surface area contributed by atoms with Gasteiger partial charge in [0.25, 0.3) is 0 Å². The zero-order valence-electron chi connectivity index (χ0n) is 11.0. The minimum Gasteiger partial charge on any atom is -0.325 e. The zero-order chi connectivity index (χ0) is 12.1. The first-order valence-electron chi connectivity index (χ1n) is 6.99. The second kappa shape index (κ2) is 6.24. The molecule has 4 heteroatoms. The molecule has 2 rings (SSSR count). The van der Waals surface area contributed by atoms with Gasteiger partial charge in [-0.25, -0.2) is 4.79 Å². The molecule has 0 aromatic carbocycles. The van der Waals surface area contributed by atoms with Crippen LogP contribution in [-0.2, 0) is 0 Å². The highest BCUT2D eigenvalue weighted by Crippen LogP contribution is 2.19. The quantitative estimate of drug-likeness (QED) is 0.793. The zero-order valence-corrected chi connectivity index (χ0v) is 11.0. The van der Waals surface area contributed by atoms with E-state index in [2.05, 4.69) is 10.2 Å². The minimum absolute atomic E-state index is 0.283. The highest BCUT2D eigenvalue weighted by atomic mass is 16.2. The van der Waals surface area contributed by atoms with Gasteiger partial charge in [0.05, 0.1) is 0 Å². The number of carbonyl (C=O) groups is 1. The van der Waals surface area contributed by atoms with Crippen LogP contribution in [0.5, 0.6) is 0 Å². The van der Waals surface area contributed by atoms with E-state index < -0.39 is 0 Å². The van der Waals surface area contributed by atoms with Crippen LogP contribution in [0.25, 0.3) is 0 Å². The Balaban J connectivity index is 1.83. The van der Waals surface area contributed by atoms with Crippen molar-refractivity contribution in [3.63, 3.8) is 0 Å². The maximum Gasteiger partial charge on any atom is 0.320 e. The van der Waals surface area contributed by atoms with Gasteiger partial charge in [-0.15, -0.1) is 0 Å². The first-order chi connectivity index (χ1) is 8.31. The van der Waals surface area contributed by atoms with Crippen molar-refractivity contribution >= 4 is 6.03 Å². The molecule has 0 aromatic rings. The highest BCUT2D eigenvalue weighted by Gasteiger charge is 2.28. The lowest BCUT2D eigenvalue weighted by Crippen LogP contribution is -2.42. The van der Waals surface area contributed by atoms with Gasteiger partial charge in [-0.3, -0.25) is 0 Å². The molecular formula is C13H25N3O. The summed E-state index contributed by atoms with van der Waals surface area (Å²) in [5.41, 5.74) is 0. The number of carbonyl (C=O) groups excluding carboxylic acids is 1. The summed E-state index contributed by atoms with van der Waals surface area (Å²) in [5.74, 6) is 0.649. The number of urea groups is 1. The Bertz CT molecular complexity index is 249. The Hall–Kier alpha value is -0.770. The third-order valence-electron chi connectivity index (χ3n) is 3.93. The normalized spacial score (nSPS) is 26.1. The van der Waals surface area contributed by atoms with E-state index in [1.165, 1.54) is 25.7 Å². The average Bonchev–Trinajstić information content (AvgIpc) is 2.64. The molecule has 2 aliphatic heterocycles. The molecule has 2 saturated heterocycles. The average molecular weight is 239 g/mol. The summed E-state index contributed by atoms with van der Waals surface area (Å²) in [6.07, 6.45) is 6.08. The van der Waals surface area contributed by atoms with E-state index in [0.29, 0.717) is 5.92 Å². The molecule has 0 radical (unpaired) electrons. The molecule has 0 aromatic heterocycles. The van der Waals surface area contributed by atoms with E-state index in [1.807, 2.05) is 11.9 Å². The fourth-order valence-electron chi connectivity index (χ4n) is 2.92. The van der Waals surface area contributed by atoms with Crippen LogP contribution in [0.15, 0.2) is 0 Å². The smallest absolute Gasteiger partial charge is 0.320 e. The number of amides is 2. The monoisotopic (exact) mass is 239 g/mol. The lowest BCUT2D eigenvalue weighted by Gasteiger charge is -2.27. The van der Waals surface area contributed by atoms with Crippen molar-refractivity contribution in [2.75, 3.05) is 39.8 Å². The summed E-state index contributed by atoms with van der Waals surface area (Å²) in [6, 6.07) is 0.283. The molecule has 2 aliphatic rings. The Morgan fingerprint density at radius 3 is 2.47 bits per heavy atom. The van der Waals surface area contributed by atoms with Gasteiger partial charge in [-0.2, -0.15) is 0 Å². The van der Waals surface area contributed by atoms with Gasteiger partial charge < -0.3 is 15.1 Å². The predicted molar refractivity (Wildman–Crippen MR) is 69.0 cm³/mol. The Morgan fingerprint density at radius 2 is 1.82 bits per heavy atom. The lowest BCUT2D eigenvalue weighted by atomic mass is 10.1. The molecule has 17 heavy (non-hydrogen) atoms. The molecule has 2 amide bonds. The summed E-state index contributed by atoms with van der Waals surface area (Å²) >= 11 is 0. The van der Waals surface area contributed by atoms with Gasteiger partial charge in [0.15, 0.2) is 0 Å². The van der Waals surface area contributed by atoms with Gasteiger partial charge in [-0.1, -0.05) is 12.8 Å². The van der Waals surface area contributed by atoms with Crippen molar-refractivity contribution in [1.82, 2.24) is 15.1 Å². The third kappa shape index (κ3) is 3.35. The summed E-state index contributed by atoms with van der Waals surface area (Å²) < 4.78 is 0. The van der Waals surface area contributed by atoms with E-state index >= 15 is 0 Å². The molecule has 0 aliphatic carbocycles. The largest absolute Gasteiger partial charge is 0.325 e. The molecule has 1 unspecified atom stereocenters. The molecule has 1 N–H and O–H groups in total. The van der Waals surface area contributed by atoms with Crippen LogP contribution >= 0.6 is 0 Å². The van der Waals surface area contributed by atoms with Crippen molar-refractivity contribution < 1.29 is 4.79 Å². The lowest BCUT2D eigenvalue weighted by molar-refractivity contribution is 0.162. The van der Waals surface area contributed by atoms with Crippen molar-refractivity contribution in [1.29, 1.82) is 0 Å². The molecule has 2 fully saturated rings. The van der Waals surface area contributed by atoms with E-state index in [-0.39, 0.29) is 6.03 Å². The van der Waals surface area contributed by atoms with Crippen LogP contribution < -0.4 is 5.32 Å². The van der Waals surface area contributed by atoms with Gasteiger partial charge in [-0.05, 0) is 38.8 Å². The number of likely N-dealkylation sites (tertiary alicyclic amines) is 2. The second-order valence-electron chi connectivity index (χ2n) is 5.34. The molecule has 1 atom stereocenters. The van der Waals surface area contributed by atoms with Crippen LogP contribution in [0.4, 0.5) is 4.79 Å². The van der Waals surface area contributed by atoms with Gasteiger partial charge in [0, 0.05) is 26.2 Å². The first-order valence-corrected chi connectivity index (χ1v) is 6.99.